The van der Waals surface area contributed by atoms with Crippen LogP contribution in [-0.2, 0) is 11.3 Å². The minimum atomic E-state index is -0.215. The molecule has 36 heavy (non-hydrogen) atoms. The average molecular weight is 487 g/mol. The van der Waals surface area contributed by atoms with E-state index in [1.54, 1.807) is 17.6 Å². The van der Waals surface area contributed by atoms with Gasteiger partial charge in [0, 0.05) is 57.8 Å². The molecule has 3 aliphatic rings. The molecule has 1 atom stereocenters. The number of nitrogens with zero attached hydrogens (tertiary/aromatic N) is 4. The Kier molecular flexibility index (Phi) is 5.85. The fourth-order valence-corrected chi connectivity index (χ4v) is 5.76. The molecule has 8 heteroatoms. The molecular weight excluding hydrogens is 456 g/mol. The van der Waals surface area contributed by atoms with Crippen LogP contribution in [0.15, 0.2) is 48.7 Å². The molecule has 1 unspecified atom stereocenters. The third-order valence-electron chi connectivity index (χ3n) is 7.63. The highest BCUT2D eigenvalue weighted by atomic mass is 16.5. The van der Waals surface area contributed by atoms with E-state index in [1.807, 2.05) is 36.5 Å². The van der Waals surface area contributed by atoms with Gasteiger partial charge in [0.15, 0.2) is 0 Å². The van der Waals surface area contributed by atoms with Gasteiger partial charge in [-0.05, 0) is 36.6 Å². The molecule has 4 heterocycles. The first kappa shape index (κ1) is 22.9. The van der Waals surface area contributed by atoms with Gasteiger partial charge in [0.05, 0.1) is 35.0 Å². The van der Waals surface area contributed by atoms with E-state index < -0.39 is 0 Å². The minimum absolute atomic E-state index is 0.00736. The first-order chi connectivity index (χ1) is 17.5. The number of anilines is 1. The number of carbonyl (C=O) groups excluding carboxylic acids is 3. The smallest absolute Gasteiger partial charge is 0.263 e. The van der Waals surface area contributed by atoms with Crippen LogP contribution in [0, 0.1) is 0 Å². The van der Waals surface area contributed by atoms with E-state index in [4.69, 9.17) is 4.74 Å². The molecule has 0 saturated carbocycles. The van der Waals surface area contributed by atoms with Crippen LogP contribution in [0.25, 0.3) is 10.9 Å². The average Bonchev–Trinajstić information content (AvgIpc) is 3.60. The topological polar surface area (TPSA) is 75.1 Å². The fourth-order valence-electron chi connectivity index (χ4n) is 5.76. The van der Waals surface area contributed by atoms with E-state index in [2.05, 4.69) is 15.9 Å². The van der Waals surface area contributed by atoms with E-state index in [0.717, 1.165) is 67.7 Å². The molecule has 0 bridgehead atoms. The number of fused-ring (bicyclic) bond motifs is 2. The summed E-state index contributed by atoms with van der Waals surface area (Å²) in [5.41, 5.74) is 3.94. The summed E-state index contributed by atoms with van der Waals surface area (Å²) in [6.07, 6.45) is 3.75. The maximum Gasteiger partial charge on any atom is 0.263 e. The molecule has 2 fully saturated rings. The fraction of sp³-hybridized carbons (Fsp3) is 0.393. The molecule has 2 amide bonds. The van der Waals surface area contributed by atoms with Crippen molar-refractivity contribution in [3.05, 3.63) is 65.4 Å². The summed E-state index contributed by atoms with van der Waals surface area (Å²) in [6.45, 7) is 6.53. The van der Waals surface area contributed by atoms with Gasteiger partial charge in [-0.1, -0.05) is 24.3 Å². The lowest BCUT2D eigenvalue weighted by Crippen LogP contribution is -2.46. The molecule has 6 rings (SSSR count). The van der Waals surface area contributed by atoms with Gasteiger partial charge < -0.3 is 9.64 Å². The molecule has 0 radical (unpaired) electrons. The number of amides is 2. The number of piperazine rings is 1. The number of rotatable bonds is 5. The van der Waals surface area contributed by atoms with E-state index in [9.17, 15) is 14.4 Å². The zero-order chi connectivity index (χ0) is 24.8. The van der Waals surface area contributed by atoms with Crippen molar-refractivity contribution in [2.24, 2.45) is 0 Å². The summed E-state index contributed by atoms with van der Waals surface area (Å²) in [4.78, 5) is 44.4. The highest BCUT2D eigenvalue weighted by Gasteiger charge is 2.40. The highest BCUT2D eigenvalue weighted by molar-refractivity contribution is 6.23. The first-order valence-corrected chi connectivity index (χ1v) is 12.7. The normalized spacial score (nSPS) is 20.5. The van der Waals surface area contributed by atoms with Gasteiger partial charge in [-0.25, -0.2) is 0 Å². The summed E-state index contributed by atoms with van der Waals surface area (Å²) >= 11 is 0. The number of hydrogen-bond donors (Lipinski definition) is 0. The number of ether oxygens (including phenoxy) is 1. The van der Waals surface area contributed by atoms with Crippen molar-refractivity contribution in [2.75, 3.05) is 44.2 Å². The van der Waals surface area contributed by atoms with Gasteiger partial charge in [0.25, 0.3) is 11.8 Å². The van der Waals surface area contributed by atoms with Crippen LogP contribution in [0.4, 0.5) is 5.69 Å². The largest absolute Gasteiger partial charge is 0.376 e. The van der Waals surface area contributed by atoms with Gasteiger partial charge in [0.2, 0.25) is 5.91 Å². The van der Waals surface area contributed by atoms with Gasteiger partial charge in [-0.15, -0.1) is 0 Å². The van der Waals surface area contributed by atoms with E-state index >= 15 is 0 Å². The van der Waals surface area contributed by atoms with Crippen LogP contribution in [0.2, 0.25) is 0 Å². The van der Waals surface area contributed by atoms with Crippen LogP contribution in [0.1, 0.15) is 50.8 Å². The number of imide groups is 1. The molecule has 0 N–H and O–H groups in total. The number of aromatic nitrogens is 1. The standard InChI is InChI=1S/C28H30N4O4/c1-19(33)31-17-20(22-7-2-3-9-24(22)31)16-29-11-13-30(14-12-29)25-10-4-8-23-26(25)28(35)32(27(23)34)18-21-6-5-15-36-21/h2-4,7-10,17,21H,5-6,11-16,18H2,1H3. The maximum absolute atomic E-state index is 13.3. The Hall–Kier alpha value is -3.49. The molecule has 3 aromatic rings. The van der Waals surface area contributed by atoms with Crippen molar-refractivity contribution in [2.45, 2.75) is 32.4 Å². The summed E-state index contributed by atoms with van der Waals surface area (Å²) in [5, 5.41) is 1.10. The van der Waals surface area contributed by atoms with Crippen molar-refractivity contribution in [1.29, 1.82) is 0 Å². The molecule has 2 saturated heterocycles. The molecule has 0 spiro atoms. The van der Waals surface area contributed by atoms with Crippen LogP contribution in [0.3, 0.4) is 0 Å². The van der Waals surface area contributed by atoms with Crippen molar-refractivity contribution in [1.82, 2.24) is 14.4 Å². The lowest BCUT2D eigenvalue weighted by atomic mass is 10.1. The molecule has 2 aromatic carbocycles. The second kappa shape index (κ2) is 9.19. The lowest BCUT2D eigenvalue weighted by Gasteiger charge is -2.36. The molecule has 0 aliphatic carbocycles. The maximum atomic E-state index is 13.3. The lowest BCUT2D eigenvalue weighted by molar-refractivity contribution is 0.0475. The van der Waals surface area contributed by atoms with Crippen molar-refractivity contribution >= 4 is 34.3 Å². The zero-order valence-electron chi connectivity index (χ0n) is 20.5. The quantitative estimate of drug-likeness (QED) is 0.515. The summed E-state index contributed by atoms with van der Waals surface area (Å²) < 4.78 is 7.40. The summed E-state index contributed by atoms with van der Waals surface area (Å²) in [5.74, 6) is -0.415. The predicted molar refractivity (Wildman–Crippen MR) is 137 cm³/mol. The van der Waals surface area contributed by atoms with Crippen LogP contribution < -0.4 is 4.90 Å². The molecule has 186 valence electrons. The van der Waals surface area contributed by atoms with E-state index in [0.29, 0.717) is 24.3 Å². The first-order valence-electron chi connectivity index (χ1n) is 12.7. The zero-order valence-corrected chi connectivity index (χ0v) is 20.5. The number of hydrogen-bond acceptors (Lipinski definition) is 6. The van der Waals surface area contributed by atoms with E-state index in [-0.39, 0.29) is 23.8 Å². The van der Waals surface area contributed by atoms with E-state index in [1.165, 1.54) is 4.90 Å². The Labute approximate surface area is 210 Å². The second-order valence-corrected chi connectivity index (χ2v) is 9.88. The Balaban J connectivity index is 1.17. The minimum Gasteiger partial charge on any atom is -0.376 e. The summed E-state index contributed by atoms with van der Waals surface area (Å²) in [7, 11) is 0. The van der Waals surface area contributed by atoms with Gasteiger partial charge in [-0.2, -0.15) is 0 Å². The number of para-hydroxylation sites is 1. The monoisotopic (exact) mass is 486 g/mol. The number of carbonyl (C=O) groups is 3. The third kappa shape index (κ3) is 3.90. The second-order valence-electron chi connectivity index (χ2n) is 9.88. The highest BCUT2D eigenvalue weighted by Crippen LogP contribution is 2.33. The van der Waals surface area contributed by atoms with Gasteiger partial charge >= 0.3 is 0 Å². The van der Waals surface area contributed by atoms with Crippen LogP contribution >= 0.6 is 0 Å². The number of benzene rings is 2. The predicted octanol–water partition coefficient (Wildman–Crippen LogP) is 3.40. The molecule has 1 aromatic heterocycles. The van der Waals surface area contributed by atoms with Crippen LogP contribution in [0.5, 0.6) is 0 Å². The SMILES string of the molecule is CC(=O)n1cc(CN2CCN(c3cccc4c3C(=O)N(CC3CCCO3)C4=O)CC2)c2ccccc21. The van der Waals surface area contributed by atoms with Crippen molar-refractivity contribution in [3.63, 3.8) is 0 Å². The molecular formula is C28H30N4O4. The summed E-state index contributed by atoms with van der Waals surface area (Å²) in [6, 6.07) is 13.6. The Morgan fingerprint density at radius 2 is 1.81 bits per heavy atom. The molecule has 3 aliphatic heterocycles. The van der Waals surface area contributed by atoms with Gasteiger partial charge in [0.1, 0.15) is 0 Å². The Morgan fingerprint density at radius 1 is 1.00 bits per heavy atom. The third-order valence-corrected chi connectivity index (χ3v) is 7.63. The Bertz CT molecular complexity index is 1350. The molecule has 8 nitrogen and oxygen atoms in total. The van der Waals surface area contributed by atoms with Gasteiger partial charge in [-0.3, -0.25) is 28.8 Å². The Morgan fingerprint density at radius 3 is 2.56 bits per heavy atom. The van der Waals surface area contributed by atoms with Crippen LogP contribution in [-0.4, -0.2) is 77.5 Å². The van der Waals surface area contributed by atoms with Crippen molar-refractivity contribution < 1.29 is 19.1 Å². The van der Waals surface area contributed by atoms with Crippen molar-refractivity contribution in [3.8, 4) is 0 Å².